The van der Waals surface area contributed by atoms with Crippen LogP contribution in [0.3, 0.4) is 0 Å². The van der Waals surface area contributed by atoms with Gasteiger partial charge in [-0.05, 0) is 0 Å². The first kappa shape index (κ1) is 315. The molecule has 6 heavy (non-hydrogen) atoms. The van der Waals surface area contributed by atoms with E-state index in [-0.39, 0.29) is 55.8 Å². The van der Waals surface area contributed by atoms with Gasteiger partial charge in [-0.2, -0.15) is 0 Å². The van der Waals surface area contributed by atoms with E-state index in [9.17, 15) is 0 Å². The standard InChI is InChI=1S/Co.Cu.4H2O/h;;4*1H2/q2*+2;;;;/p-4. The summed E-state index contributed by atoms with van der Waals surface area (Å²) in [6, 6.07) is 0. The SMILES string of the molecule is [Co+2].[Cu+2].[OH-].[OH-].[OH-].[OH-]. The van der Waals surface area contributed by atoms with E-state index in [1.807, 2.05) is 0 Å². The number of hydrogen-bond acceptors (Lipinski definition) is 4. The Hall–Kier alpha value is 0.866. The van der Waals surface area contributed by atoms with Crippen molar-refractivity contribution < 1.29 is 55.8 Å². The molecule has 4 N–H and O–H groups in total. The molecule has 0 heterocycles. The van der Waals surface area contributed by atoms with Crippen molar-refractivity contribution in [3.63, 3.8) is 0 Å². The van der Waals surface area contributed by atoms with E-state index in [0.717, 1.165) is 0 Å². The Morgan fingerprint density at radius 3 is 0.500 bits per heavy atom. The Morgan fingerprint density at radius 2 is 0.500 bits per heavy atom. The fourth-order valence-corrected chi connectivity index (χ4v) is 0. The van der Waals surface area contributed by atoms with Gasteiger partial charge in [-0.25, -0.2) is 0 Å². The first-order chi connectivity index (χ1) is 0. The third-order valence-corrected chi connectivity index (χ3v) is 0. The fourth-order valence-electron chi connectivity index (χ4n) is 0. The second-order valence-corrected chi connectivity index (χ2v) is 0. The third-order valence-electron chi connectivity index (χ3n) is 0. The minimum Gasteiger partial charge on any atom is -0.870 e. The van der Waals surface area contributed by atoms with Crippen LogP contribution in [0.1, 0.15) is 0 Å². The summed E-state index contributed by atoms with van der Waals surface area (Å²) in [4.78, 5) is 0. The van der Waals surface area contributed by atoms with Crippen molar-refractivity contribution in [2.24, 2.45) is 0 Å². The Balaban J connectivity index is 0. The summed E-state index contributed by atoms with van der Waals surface area (Å²) in [6.45, 7) is 0. The largest absolute Gasteiger partial charge is 2.00 e. The van der Waals surface area contributed by atoms with Crippen LogP contribution in [-0.4, -0.2) is 21.9 Å². The molecule has 0 aromatic carbocycles. The number of rotatable bonds is 0. The smallest absolute Gasteiger partial charge is 0.870 e. The molecule has 0 rings (SSSR count). The van der Waals surface area contributed by atoms with Gasteiger partial charge in [0.2, 0.25) is 0 Å². The molecule has 48 valence electrons. The summed E-state index contributed by atoms with van der Waals surface area (Å²) in [7, 11) is 0. The van der Waals surface area contributed by atoms with Gasteiger partial charge < -0.3 is 21.9 Å². The van der Waals surface area contributed by atoms with E-state index < -0.39 is 0 Å². The Labute approximate surface area is 56.2 Å². The maximum absolute atomic E-state index is 0. The van der Waals surface area contributed by atoms with E-state index in [1.165, 1.54) is 0 Å². The quantitative estimate of drug-likeness (QED) is 0.468. The van der Waals surface area contributed by atoms with Gasteiger partial charge >= 0.3 is 33.8 Å². The molecule has 0 unspecified atom stereocenters. The van der Waals surface area contributed by atoms with Gasteiger partial charge in [-0.15, -0.1) is 0 Å². The van der Waals surface area contributed by atoms with Crippen LogP contribution in [0.5, 0.6) is 0 Å². The molecule has 0 bridgehead atoms. The summed E-state index contributed by atoms with van der Waals surface area (Å²) < 4.78 is 0. The van der Waals surface area contributed by atoms with E-state index in [0.29, 0.717) is 0 Å². The molecule has 4 nitrogen and oxygen atoms in total. The van der Waals surface area contributed by atoms with Crippen molar-refractivity contribution in [2.75, 3.05) is 0 Å². The monoisotopic (exact) mass is 190 g/mol. The molecule has 0 atom stereocenters. The summed E-state index contributed by atoms with van der Waals surface area (Å²) in [5.41, 5.74) is 0. The summed E-state index contributed by atoms with van der Waals surface area (Å²) in [5, 5.41) is 0. The van der Waals surface area contributed by atoms with Gasteiger partial charge in [0.15, 0.2) is 0 Å². The van der Waals surface area contributed by atoms with Crippen LogP contribution < -0.4 is 0 Å². The zero-order valence-corrected chi connectivity index (χ0v) is 4.41. The molecule has 0 saturated carbocycles. The maximum Gasteiger partial charge on any atom is 2.00 e. The molecule has 0 fully saturated rings. The molecule has 0 spiro atoms. The van der Waals surface area contributed by atoms with E-state index in [1.54, 1.807) is 0 Å². The molecule has 6 heteroatoms. The third kappa shape index (κ3) is 97.0. The van der Waals surface area contributed by atoms with Gasteiger partial charge in [0.05, 0.1) is 0 Å². The molecule has 0 amide bonds. The van der Waals surface area contributed by atoms with Gasteiger partial charge in [0.25, 0.3) is 0 Å². The topological polar surface area (TPSA) is 120 Å². The average Bonchev–Trinajstić information content (AvgIpc) is 0. The molecule has 0 aromatic rings. The fraction of sp³-hybridized carbons (Fsp3) is 0. The molecule has 0 aromatic heterocycles. The summed E-state index contributed by atoms with van der Waals surface area (Å²) >= 11 is 0. The molecule has 0 saturated heterocycles. The van der Waals surface area contributed by atoms with Gasteiger partial charge in [-0.3, -0.25) is 0 Å². The van der Waals surface area contributed by atoms with Crippen molar-refractivity contribution in [1.82, 2.24) is 0 Å². The van der Waals surface area contributed by atoms with Crippen LogP contribution in [0.15, 0.2) is 0 Å². The maximum atomic E-state index is 0. The molecular formula is H4CoCuO4. The minimum atomic E-state index is 0. The van der Waals surface area contributed by atoms with Crippen LogP contribution in [-0.2, 0) is 33.8 Å². The molecular weight excluding hydrogens is 186 g/mol. The zero-order valence-electron chi connectivity index (χ0n) is 2.42. The summed E-state index contributed by atoms with van der Waals surface area (Å²) in [6.07, 6.45) is 0. The van der Waals surface area contributed by atoms with Crippen LogP contribution in [0.4, 0.5) is 0 Å². The molecule has 0 aliphatic carbocycles. The van der Waals surface area contributed by atoms with Crippen LogP contribution in [0.25, 0.3) is 0 Å². The normalized spacial score (nSPS) is 0. The molecule has 0 aliphatic heterocycles. The van der Waals surface area contributed by atoms with Crippen molar-refractivity contribution in [2.45, 2.75) is 0 Å². The van der Waals surface area contributed by atoms with Gasteiger partial charge in [0.1, 0.15) is 0 Å². The van der Waals surface area contributed by atoms with Crippen LogP contribution in [0.2, 0.25) is 0 Å². The van der Waals surface area contributed by atoms with E-state index in [4.69, 9.17) is 0 Å². The van der Waals surface area contributed by atoms with Crippen LogP contribution >= 0.6 is 0 Å². The predicted octanol–water partition coefficient (Wildman–Crippen LogP) is -0.712. The van der Waals surface area contributed by atoms with Crippen molar-refractivity contribution in [3.05, 3.63) is 0 Å². The predicted molar refractivity (Wildman–Crippen MR) is 7.74 cm³/mol. The van der Waals surface area contributed by atoms with Gasteiger partial charge in [-0.1, -0.05) is 0 Å². The van der Waals surface area contributed by atoms with Crippen molar-refractivity contribution >= 4 is 0 Å². The zero-order chi connectivity index (χ0) is 0. The summed E-state index contributed by atoms with van der Waals surface area (Å²) in [5.74, 6) is 0. The van der Waals surface area contributed by atoms with Crippen molar-refractivity contribution in [3.8, 4) is 0 Å². The second kappa shape index (κ2) is 185. The molecule has 0 aliphatic rings. The first-order valence-corrected chi connectivity index (χ1v) is 0. The first-order valence-electron chi connectivity index (χ1n) is 0. The minimum absolute atomic E-state index is 0. The average molecular weight is 191 g/mol. The Morgan fingerprint density at radius 1 is 0.500 bits per heavy atom. The van der Waals surface area contributed by atoms with E-state index >= 15 is 0 Å². The van der Waals surface area contributed by atoms with Gasteiger partial charge in [0, 0.05) is 0 Å². The second-order valence-electron chi connectivity index (χ2n) is 0. The number of hydrogen-bond donors (Lipinski definition) is 0. The Bertz CT molecular complexity index is 7.51. The van der Waals surface area contributed by atoms with E-state index in [2.05, 4.69) is 0 Å². The Kier molecular flexibility index (Phi) is 9730. The van der Waals surface area contributed by atoms with Crippen molar-refractivity contribution in [1.29, 1.82) is 0 Å². The van der Waals surface area contributed by atoms with Crippen LogP contribution in [0, 0.1) is 0 Å². The molecule has 2 radical (unpaired) electrons.